The Hall–Kier alpha value is -1.13. The standard InChI is InChI=1S/C11H13NO2S/c1-7(13)5-11-12-9-4-3-8(14-2)6-10(9)15-11/h3-4,6-7,13H,5H2,1-2H3. The van der Waals surface area contributed by atoms with Crippen LogP contribution in [0.15, 0.2) is 18.2 Å². The van der Waals surface area contributed by atoms with Gasteiger partial charge in [0.2, 0.25) is 0 Å². The quantitative estimate of drug-likeness (QED) is 0.867. The van der Waals surface area contributed by atoms with Crippen molar-refractivity contribution in [3.05, 3.63) is 23.2 Å². The van der Waals surface area contributed by atoms with E-state index in [9.17, 15) is 5.11 Å². The van der Waals surface area contributed by atoms with Crippen molar-refractivity contribution < 1.29 is 9.84 Å². The van der Waals surface area contributed by atoms with Crippen LogP contribution in [0.25, 0.3) is 10.2 Å². The monoisotopic (exact) mass is 223 g/mol. The van der Waals surface area contributed by atoms with Crippen molar-refractivity contribution in [2.75, 3.05) is 7.11 Å². The molecule has 1 aromatic heterocycles. The van der Waals surface area contributed by atoms with Crippen molar-refractivity contribution in [3.63, 3.8) is 0 Å². The maximum Gasteiger partial charge on any atom is 0.120 e. The summed E-state index contributed by atoms with van der Waals surface area (Å²) in [6.07, 6.45) is 0.272. The molecule has 80 valence electrons. The lowest BCUT2D eigenvalue weighted by Crippen LogP contribution is -2.03. The van der Waals surface area contributed by atoms with E-state index in [1.54, 1.807) is 25.4 Å². The first-order chi connectivity index (χ1) is 7.19. The predicted octanol–water partition coefficient (Wildman–Crippen LogP) is 2.23. The molecule has 0 bridgehead atoms. The molecule has 1 atom stereocenters. The molecule has 0 saturated carbocycles. The number of aromatic nitrogens is 1. The van der Waals surface area contributed by atoms with E-state index in [0.717, 1.165) is 21.0 Å². The molecule has 0 saturated heterocycles. The first-order valence-corrected chi connectivity index (χ1v) is 5.62. The number of hydrogen-bond acceptors (Lipinski definition) is 4. The highest BCUT2D eigenvalue weighted by Crippen LogP contribution is 2.26. The van der Waals surface area contributed by atoms with Crippen LogP contribution in [0.5, 0.6) is 5.75 Å². The fraction of sp³-hybridized carbons (Fsp3) is 0.364. The molecule has 0 aliphatic carbocycles. The Labute approximate surface area is 92.3 Å². The molecule has 15 heavy (non-hydrogen) atoms. The molecule has 1 aromatic carbocycles. The number of fused-ring (bicyclic) bond motifs is 1. The SMILES string of the molecule is COc1ccc2nc(CC(C)O)sc2c1. The minimum absolute atomic E-state index is 0.340. The van der Waals surface area contributed by atoms with Crippen LogP contribution < -0.4 is 4.74 Å². The zero-order valence-electron chi connectivity index (χ0n) is 8.73. The Bertz CT molecular complexity index is 465. The minimum atomic E-state index is -0.340. The van der Waals surface area contributed by atoms with E-state index in [0.29, 0.717) is 6.42 Å². The molecule has 3 nitrogen and oxygen atoms in total. The largest absolute Gasteiger partial charge is 0.497 e. The van der Waals surface area contributed by atoms with Crippen molar-refractivity contribution in [1.82, 2.24) is 4.98 Å². The topological polar surface area (TPSA) is 42.4 Å². The first-order valence-electron chi connectivity index (χ1n) is 4.80. The summed E-state index contributed by atoms with van der Waals surface area (Å²) in [6.45, 7) is 1.77. The fourth-order valence-electron chi connectivity index (χ4n) is 1.42. The van der Waals surface area contributed by atoms with Crippen molar-refractivity contribution in [2.24, 2.45) is 0 Å². The molecule has 4 heteroatoms. The number of hydrogen-bond donors (Lipinski definition) is 1. The maximum atomic E-state index is 9.27. The van der Waals surface area contributed by atoms with Crippen LogP contribution in [-0.2, 0) is 6.42 Å². The van der Waals surface area contributed by atoms with Gasteiger partial charge in [0.15, 0.2) is 0 Å². The predicted molar refractivity (Wildman–Crippen MR) is 61.6 cm³/mol. The highest BCUT2D eigenvalue weighted by molar-refractivity contribution is 7.18. The summed E-state index contributed by atoms with van der Waals surface area (Å²) >= 11 is 1.60. The van der Waals surface area contributed by atoms with E-state index in [4.69, 9.17) is 4.74 Å². The summed E-state index contributed by atoms with van der Waals surface area (Å²) in [7, 11) is 1.65. The van der Waals surface area contributed by atoms with Crippen LogP contribution in [-0.4, -0.2) is 23.3 Å². The molecule has 0 spiro atoms. The Morgan fingerprint density at radius 2 is 2.33 bits per heavy atom. The molecule has 1 unspecified atom stereocenters. The number of aliphatic hydroxyl groups excluding tert-OH is 1. The van der Waals surface area contributed by atoms with E-state index in [2.05, 4.69) is 4.98 Å². The highest BCUT2D eigenvalue weighted by Gasteiger charge is 2.07. The van der Waals surface area contributed by atoms with E-state index in [1.165, 1.54) is 0 Å². The Kier molecular flexibility index (Phi) is 2.88. The summed E-state index contributed by atoms with van der Waals surface area (Å²) in [5.41, 5.74) is 0.969. The molecular weight excluding hydrogens is 210 g/mol. The number of aliphatic hydroxyl groups is 1. The molecule has 0 aliphatic heterocycles. The number of benzene rings is 1. The second-order valence-corrected chi connectivity index (χ2v) is 4.61. The van der Waals surface area contributed by atoms with Crippen LogP contribution in [0.1, 0.15) is 11.9 Å². The normalized spacial score (nSPS) is 13.0. The third-order valence-electron chi connectivity index (χ3n) is 2.11. The summed E-state index contributed by atoms with van der Waals surface area (Å²) < 4.78 is 6.24. The van der Waals surface area contributed by atoms with Gasteiger partial charge in [0.05, 0.1) is 28.4 Å². The molecule has 2 rings (SSSR count). The number of thiazole rings is 1. The highest BCUT2D eigenvalue weighted by atomic mass is 32.1. The number of nitrogens with zero attached hydrogens (tertiary/aromatic N) is 1. The smallest absolute Gasteiger partial charge is 0.120 e. The average Bonchev–Trinajstić information content (AvgIpc) is 2.57. The van der Waals surface area contributed by atoms with Crippen molar-refractivity contribution in [2.45, 2.75) is 19.4 Å². The Balaban J connectivity index is 2.37. The van der Waals surface area contributed by atoms with Gasteiger partial charge in [0.1, 0.15) is 5.75 Å². The molecule has 2 aromatic rings. The van der Waals surface area contributed by atoms with Crippen molar-refractivity contribution in [3.8, 4) is 5.75 Å². The zero-order chi connectivity index (χ0) is 10.8. The van der Waals surface area contributed by atoms with Gasteiger partial charge in [-0.1, -0.05) is 0 Å². The van der Waals surface area contributed by atoms with Gasteiger partial charge < -0.3 is 9.84 Å². The molecular formula is C11H13NO2S. The molecule has 1 N–H and O–H groups in total. The van der Waals surface area contributed by atoms with E-state index >= 15 is 0 Å². The zero-order valence-corrected chi connectivity index (χ0v) is 9.54. The number of methoxy groups -OCH3 is 1. The van der Waals surface area contributed by atoms with Crippen molar-refractivity contribution >= 4 is 21.6 Å². The lowest BCUT2D eigenvalue weighted by Gasteiger charge is -1.97. The van der Waals surface area contributed by atoms with Gasteiger partial charge in [-0.25, -0.2) is 4.98 Å². The lowest BCUT2D eigenvalue weighted by atomic mass is 10.3. The number of rotatable bonds is 3. The minimum Gasteiger partial charge on any atom is -0.497 e. The van der Waals surface area contributed by atoms with Crippen LogP contribution in [0.4, 0.5) is 0 Å². The summed E-state index contributed by atoms with van der Waals surface area (Å²) in [5.74, 6) is 0.842. The van der Waals surface area contributed by atoms with Gasteiger partial charge in [0.25, 0.3) is 0 Å². The van der Waals surface area contributed by atoms with Crippen molar-refractivity contribution in [1.29, 1.82) is 0 Å². The third kappa shape index (κ3) is 2.27. The second kappa shape index (κ2) is 4.16. The van der Waals surface area contributed by atoms with Crippen LogP contribution in [0, 0.1) is 0 Å². The molecule has 0 radical (unpaired) electrons. The van der Waals surface area contributed by atoms with Crippen LogP contribution >= 0.6 is 11.3 Å². The first kappa shape index (κ1) is 10.4. The van der Waals surface area contributed by atoms with Gasteiger partial charge in [-0.3, -0.25) is 0 Å². The molecule has 0 amide bonds. The Morgan fingerprint density at radius 3 is 3.00 bits per heavy atom. The van der Waals surface area contributed by atoms with E-state index < -0.39 is 0 Å². The summed E-state index contributed by atoms with van der Waals surface area (Å²) in [4.78, 5) is 4.43. The second-order valence-electron chi connectivity index (χ2n) is 3.49. The van der Waals surface area contributed by atoms with E-state index in [1.807, 2.05) is 18.2 Å². The van der Waals surface area contributed by atoms with Crippen LogP contribution in [0.2, 0.25) is 0 Å². The van der Waals surface area contributed by atoms with Gasteiger partial charge in [-0.2, -0.15) is 0 Å². The summed E-state index contributed by atoms with van der Waals surface area (Å²) in [6, 6.07) is 5.81. The Morgan fingerprint density at radius 1 is 1.53 bits per heavy atom. The fourth-order valence-corrected chi connectivity index (χ4v) is 2.54. The average molecular weight is 223 g/mol. The third-order valence-corrected chi connectivity index (χ3v) is 3.15. The number of ether oxygens (including phenoxy) is 1. The molecule has 0 aliphatic rings. The maximum absolute atomic E-state index is 9.27. The van der Waals surface area contributed by atoms with Crippen LogP contribution in [0.3, 0.4) is 0 Å². The van der Waals surface area contributed by atoms with Gasteiger partial charge in [0, 0.05) is 6.42 Å². The summed E-state index contributed by atoms with van der Waals surface area (Å²) in [5, 5.41) is 10.2. The lowest BCUT2D eigenvalue weighted by molar-refractivity contribution is 0.195. The van der Waals surface area contributed by atoms with Gasteiger partial charge in [-0.05, 0) is 25.1 Å². The molecule has 1 heterocycles. The van der Waals surface area contributed by atoms with E-state index in [-0.39, 0.29) is 6.10 Å². The van der Waals surface area contributed by atoms with Gasteiger partial charge >= 0.3 is 0 Å². The molecule has 0 fully saturated rings. The van der Waals surface area contributed by atoms with Gasteiger partial charge in [-0.15, -0.1) is 11.3 Å².